The summed E-state index contributed by atoms with van der Waals surface area (Å²) < 4.78 is 11.0. The van der Waals surface area contributed by atoms with E-state index < -0.39 is 0 Å². The molecule has 0 amide bonds. The van der Waals surface area contributed by atoms with Crippen LogP contribution < -0.4 is 10.2 Å². The fraction of sp³-hybridized carbons (Fsp3) is 0.632. The third-order valence-electron chi connectivity index (χ3n) is 4.57. The van der Waals surface area contributed by atoms with E-state index in [1.807, 2.05) is 20.0 Å². The molecule has 3 heterocycles. The van der Waals surface area contributed by atoms with E-state index in [2.05, 4.69) is 29.2 Å². The van der Waals surface area contributed by atoms with E-state index >= 15 is 0 Å². The SMILES string of the molecule is CCOCc1nc2c(c(N(C)Cc3cc(C(C)C)no3)n1)CCNCC2. The van der Waals surface area contributed by atoms with Gasteiger partial charge in [0.15, 0.2) is 11.6 Å². The van der Waals surface area contributed by atoms with Gasteiger partial charge in [0.05, 0.1) is 17.9 Å². The summed E-state index contributed by atoms with van der Waals surface area (Å²) in [6.45, 7) is 9.83. The Morgan fingerprint density at radius 3 is 2.81 bits per heavy atom. The van der Waals surface area contributed by atoms with Crippen LogP contribution in [-0.2, 0) is 30.7 Å². The van der Waals surface area contributed by atoms with Crippen LogP contribution in [0, 0.1) is 0 Å². The molecule has 1 aliphatic heterocycles. The second-order valence-corrected chi connectivity index (χ2v) is 7.00. The lowest BCUT2D eigenvalue weighted by Crippen LogP contribution is -2.22. The normalized spacial score (nSPS) is 14.3. The highest BCUT2D eigenvalue weighted by molar-refractivity contribution is 5.49. The van der Waals surface area contributed by atoms with Crippen molar-refractivity contribution in [1.82, 2.24) is 20.4 Å². The lowest BCUT2D eigenvalue weighted by Gasteiger charge is -2.22. The summed E-state index contributed by atoms with van der Waals surface area (Å²) in [5, 5.41) is 7.60. The molecular weight excluding hydrogens is 330 g/mol. The molecule has 0 spiro atoms. The molecule has 0 aromatic carbocycles. The van der Waals surface area contributed by atoms with Crippen LogP contribution in [0.2, 0.25) is 0 Å². The predicted molar refractivity (Wildman–Crippen MR) is 100 cm³/mol. The van der Waals surface area contributed by atoms with Crippen molar-refractivity contribution in [3.05, 3.63) is 34.6 Å². The van der Waals surface area contributed by atoms with Gasteiger partial charge in [-0.15, -0.1) is 0 Å². The summed E-state index contributed by atoms with van der Waals surface area (Å²) >= 11 is 0. The van der Waals surface area contributed by atoms with Crippen molar-refractivity contribution in [1.29, 1.82) is 0 Å². The fourth-order valence-corrected chi connectivity index (χ4v) is 3.13. The molecule has 2 aromatic rings. The highest BCUT2D eigenvalue weighted by Gasteiger charge is 2.20. The zero-order chi connectivity index (χ0) is 18.5. The molecule has 26 heavy (non-hydrogen) atoms. The van der Waals surface area contributed by atoms with Crippen molar-refractivity contribution < 1.29 is 9.26 Å². The van der Waals surface area contributed by atoms with Crippen molar-refractivity contribution in [2.75, 3.05) is 31.6 Å². The van der Waals surface area contributed by atoms with Gasteiger partial charge < -0.3 is 19.5 Å². The molecule has 1 N–H and O–H groups in total. The average molecular weight is 359 g/mol. The number of hydrogen-bond acceptors (Lipinski definition) is 7. The summed E-state index contributed by atoms with van der Waals surface area (Å²) in [7, 11) is 2.04. The summed E-state index contributed by atoms with van der Waals surface area (Å²) in [6.07, 6.45) is 1.84. The molecular formula is C19H29N5O2. The maximum Gasteiger partial charge on any atom is 0.156 e. The molecule has 2 aromatic heterocycles. The van der Waals surface area contributed by atoms with Gasteiger partial charge in [0.2, 0.25) is 0 Å². The first-order chi connectivity index (χ1) is 12.6. The van der Waals surface area contributed by atoms with Crippen LogP contribution >= 0.6 is 0 Å². The number of anilines is 1. The van der Waals surface area contributed by atoms with Gasteiger partial charge in [-0.25, -0.2) is 9.97 Å². The van der Waals surface area contributed by atoms with Crippen LogP contribution in [0.1, 0.15) is 55.2 Å². The number of hydrogen-bond donors (Lipinski definition) is 1. The first-order valence-corrected chi connectivity index (χ1v) is 9.42. The van der Waals surface area contributed by atoms with Crippen molar-refractivity contribution in [3.63, 3.8) is 0 Å². The van der Waals surface area contributed by atoms with E-state index in [4.69, 9.17) is 19.2 Å². The Balaban J connectivity index is 1.87. The molecule has 0 aliphatic carbocycles. The Bertz CT molecular complexity index is 729. The van der Waals surface area contributed by atoms with Gasteiger partial charge in [-0.1, -0.05) is 19.0 Å². The van der Waals surface area contributed by atoms with Gasteiger partial charge in [-0.05, 0) is 25.8 Å². The van der Waals surface area contributed by atoms with Gasteiger partial charge in [-0.3, -0.25) is 0 Å². The minimum atomic E-state index is 0.358. The van der Waals surface area contributed by atoms with Crippen LogP contribution in [0.15, 0.2) is 10.6 Å². The molecule has 7 heteroatoms. The standard InChI is InChI=1S/C19H29N5O2/c1-5-25-12-18-21-16-7-9-20-8-6-15(16)19(22-18)24(4)11-14-10-17(13(2)3)23-26-14/h10,13,20H,5-9,11-12H2,1-4H3. The van der Waals surface area contributed by atoms with Crippen molar-refractivity contribution in [2.45, 2.75) is 52.7 Å². The van der Waals surface area contributed by atoms with Crippen LogP contribution in [0.5, 0.6) is 0 Å². The van der Waals surface area contributed by atoms with E-state index in [-0.39, 0.29) is 0 Å². The Morgan fingerprint density at radius 1 is 1.27 bits per heavy atom. The molecule has 142 valence electrons. The minimum Gasteiger partial charge on any atom is -0.374 e. The number of fused-ring (bicyclic) bond motifs is 1. The van der Waals surface area contributed by atoms with Gasteiger partial charge >= 0.3 is 0 Å². The lowest BCUT2D eigenvalue weighted by molar-refractivity contribution is 0.128. The van der Waals surface area contributed by atoms with Crippen LogP contribution in [0.3, 0.4) is 0 Å². The number of nitrogens with zero attached hydrogens (tertiary/aromatic N) is 4. The maximum atomic E-state index is 5.54. The quantitative estimate of drug-likeness (QED) is 0.814. The summed E-state index contributed by atoms with van der Waals surface area (Å²) in [6, 6.07) is 2.03. The monoisotopic (exact) mass is 359 g/mol. The number of aromatic nitrogens is 3. The number of ether oxygens (including phenoxy) is 1. The van der Waals surface area contributed by atoms with E-state index in [0.717, 1.165) is 54.7 Å². The Labute approximate surface area is 155 Å². The van der Waals surface area contributed by atoms with Crippen LogP contribution in [0.25, 0.3) is 0 Å². The molecule has 0 bridgehead atoms. The van der Waals surface area contributed by atoms with E-state index in [0.29, 0.717) is 25.7 Å². The first-order valence-electron chi connectivity index (χ1n) is 9.42. The van der Waals surface area contributed by atoms with Gasteiger partial charge in [0, 0.05) is 38.2 Å². The van der Waals surface area contributed by atoms with Gasteiger partial charge in [0.25, 0.3) is 0 Å². The molecule has 0 saturated heterocycles. The molecule has 0 fully saturated rings. The molecule has 0 saturated carbocycles. The van der Waals surface area contributed by atoms with Gasteiger partial charge in [0.1, 0.15) is 12.4 Å². The molecule has 3 rings (SSSR count). The highest BCUT2D eigenvalue weighted by atomic mass is 16.5. The molecule has 0 unspecified atom stereocenters. The van der Waals surface area contributed by atoms with Crippen molar-refractivity contribution >= 4 is 5.82 Å². The molecule has 0 atom stereocenters. The lowest BCUT2D eigenvalue weighted by atomic mass is 10.1. The molecule has 7 nitrogen and oxygen atoms in total. The number of rotatable bonds is 7. The van der Waals surface area contributed by atoms with Crippen molar-refractivity contribution in [3.8, 4) is 0 Å². The fourth-order valence-electron chi connectivity index (χ4n) is 3.13. The molecule has 1 aliphatic rings. The first kappa shape index (κ1) is 18.8. The van der Waals surface area contributed by atoms with Crippen molar-refractivity contribution in [2.24, 2.45) is 0 Å². The average Bonchev–Trinajstić information content (AvgIpc) is 2.96. The summed E-state index contributed by atoms with van der Waals surface area (Å²) in [4.78, 5) is 11.7. The summed E-state index contributed by atoms with van der Waals surface area (Å²) in [5.74, 6) is 2.92. The topological polar surface area (TPSA) is 76.3 Å². The van der Waals surface area contributed by atoms with E-state index in [1.165, 1.54) is 5.56 Å². The number of nitrogens with one attached hydrogen (secondary N) is 1. The second kappa shape index (κ2) is 8.60. The smallest absolute Gasteiger partial charge is 0.156 e. The zero-order valence-corrected chi connectivity index (χ0v) is 16.2. The zero-order valence-electron chi connectivity index (χ0n) is 16.2. The Morgan fingerprint density at radius 2 is 2.08 bits per heavy atom. The van der Waals surface area contributed by atoms with E-state index in [1.54, 1.807) is 0 Å². The minimum absolute atomic E-state index is 0.358. The third-order valence-corrected chi connectivity index (χ3v) is 4.57. The molecule has 0 radical (unpaired) electrons. The van der Waals surface area contributed by atoms with E-state index in [9.17, 15) is 0 Å². The Kier molecular flexibility index (Phi) is 6.21. The predicted octanol–water partition coefficient (Wildman–Crippen LogP) is 2.45. The van der Waals surface area contributed by atoms with Crippen LogP contribution in [-0.4, -0.2) is 41.9 Å². The Hall–Kier alpha value is -1.99. The largest absolute Gasteiger partial charge is 0.374 e. The summed E-state index contributed by atoms with van der Waals surface area (Å²) in [5.41, 5.74) is 3.33. The maximum absolute atomic E-state index is 5.54. The third kappa shape index (κ3) is 4.40. The van der Waals surface area contributed by atoms with Crippen LogP contribution in [0.4, 0.5) is 5.82 Å². The second-order valence-electron chi connectivity index (χ2n) is 7.00. The highest BCUT2D eigenvalue weighted by Crippen LogP contribution is 2.25. The van der Waals surface area contributed by atoms with Gasteiger partial charge in [-0.2, -0.15) is 0 Å².